The van der Waals surface area contributed by atoms with E-state index in [1.807, 2.05) is 0 Å². The number of aliphatic carboxylic acids is 1. The molecule has 0 atom stereocenters. The smallest absolute Gasteiger partial charge is 0.341 e. The van der Waals surface area contributed by atoms with Crippen LogP contribution in [0.4, 0.5) is 4.79 Å². The number of hydrogen-bond donors (Lipinski definition) is 2. The fourth-order valence-electron chi connectivity index (χ4n) is 1.01. The zero-order valence-corrected chi connectivity index (χ0v) is 8.02. The van der Waals surface area contributed by atoms with E-state index in [0.717, 1.165) is 12.8 Å². The van der Waals surface area contributed by atoms with Gasteiger partial charge in [0.2, 0.25) is 0 Å². The zero-order valence-electron chi connectivity index (χ0n) is 8.02. The minimum atomic E-state index is -1.12. The Bertz CT molecular complexity index is 227. The Balaban J connectivity index is 2.09. The minimum absolute atomic E-state index is 0.404. The quantitative estimate of drug-likeness (QED) is 0.617. The number of hydrogen-bond acceptors (Lipinski definition) is 3. The number of carboxylic acids is 1. The monoisotopic (exact) mass is 202 g/mol. The van der Waals surface area contributed by atoms with Gasteiger partial charge in [-0.2, -0.15) is 0 Å². The van der Waals surface area contributed by atoms with Crippen LogP contribution >= 0.6 is 0 Å². The largest absolute Gasteiger partial charge is 0.479 e. The van der Waals surface area contributed by atoms with Crippen molar-refractivity contribution in [2.45, 2.75) is 12.8 Å². The second-order valence-corrected chi connectivity index (χ2v) is 3.41. The second kappa shape index (κ2) is 4.80. The van der Waals surface area contributed by atoms with Crippen molar-refractivity contribution in [3.63, 3.8) is 0 Å². The van der Waals surface area contributed by atoms with Gasteiger partial charge < -0.3 is 10.0 Å². The SMILES string of the molecule is CN(CC1CC1)C(=O)NOCC(=O)O. The normalized spacial score (nSPS) is 14.9. The maximum Gasteiger partial charge on any atom is 0.341 e. The molecule has 6 nitrogen and oxygen atoms in total. The lowest BCUT2D eigenvalue weighted by Crippen LogP contribution is -2.39. The van der Waals surface area contributed by atoms with Crippen molar-refractivity contribution < 1.29 is 19.5 Å². The molecule has 0 heterocycles. The van der Waals surface area contributed by atoms with Crippen LogP contribution in [0.2, 0.25) is 0 Å². The molecule has 0 aromatic rings. The van der Waals surface area contributed by atoms with Gasteiger partial charge in [0.15, 0.2) is 6.61 Å². The van der Waals surface area contributed by atoms with Gasteiger partial charge in [-0.3, -0.25) is 4.84 Å². The Labute approximate surface area is 81.8 Å². The first-order valence-corrected chi connectivity index (χ1v) is 4.44. The number of urea groups is 1. The predicted molar refractivity (Wildman–Crippen MR) is 47.5 cm³/mol. The summed E-state index contributed by atoms with van der Waals surface area (Å²) in [5, 5.41) is 8.23. The van der Waals surface area contributed by atoms with Crippen LogP contribution in [-0.4, -0.2) is 42.2 Å². The first-order chi connectivity index (χ1) is 6.59. The van der Waals surface area contributed by atoms with Crippen molar-refractivity contribution in [1.82, 2.24) is 10.4 Å². The summed E-state index contributed by atoms with van der Waals surface area (Å²) in [7, 11) is 1.65. The van der Waals surface area contributed by atoms with E-state index in [4.69, 9.17) is 5.11 Å². The standard InChI is InChI=1S/C8H14N2O4/c1-10(4-6-2-3-6)8(13)9-14-5-7(11)12/h6H,2-5H2,1H3,(H,9,13)(H,11,12). The molecule has 80 valence electrons. The topological polar surface area (TPSA) is 78.9 Å². The Morgan fingerprint density at radius 1 is 1.57 bits per heavy atom. The van der Waals surface area contributed by atoms with Crippen molar-refractivity contribution in [2.75, 3.05) is 20.2 Å². The molecule has 0 aromatic heterocycles. The summed E-state index contributed by atoms with van der Waals surface area (Å²) >= 11 is 0. The maximum atomic E-state index is 11.2. The molecule has 1 rings (SSSR count). The van der Waals surface area contributed by atoms with Crippen LogP contribution in [0, 0.1) is 5.92 Å². The Kier molecular flexibility index (Phi) is 3.70. The first-order valence-electron chi connectivity index (χ1n) is 4.44. The number of nitrogens with one attached hydrogen (secondary N) is 1. The van der Waals surface area contributed by atoms with Crippen molar-refractivity contribution in [3.8, 4) is 0 Å². The average molecular weight is 202 g/mol. The summed E-state index contributed by atoms with van der Waals surface area (Å²) in [6.45, 7) is 0.172. The molecule has 1 aliphatic rings. The number of carbonyl (C=O) groups is 2. The molecule has 14 heavy (non-hydrogen) atoms. The highest BCUT2D eigenvalue weighted by Crippen LogP contribution is 2.29. The number of carboxylic acid groups (broad SMARTS) is 1. The van der Waals surface area contributed by atoms with Crippen LogP contribution in [0.25, 0.3) is 0 Å². The van der Waals surface area contributed by atoms with E-state index in [1.165, 1.54) is 4.90 Å². The third-order valence-electron chi connectivity index (χ3n) is 1.93. The second-order valence-electron chi connectivity index (χ2n) is 3.41. The number of amides is 2. The molecular formula is C8H14N2O4. The molecule has 0 bridgehead atoms. The van der Waals surface area contributed by atoms with Gasteiger partial charge in [-0.05, 0) is 18.8 Å². The van der Waals surface area contributed by atoms with E-state index in [0.29, 0.717) is 12.5 Å². The highest BCUT2D eigenvalue weighted by atomic mass is 16.7. The molecule has 0 spiro atoms. The van der Waals surface area contributed by atoms with E-state index in [9.17, 15) is 9.59 Å². The molecule has 0 aliphatic heterocycles. The van der Waals surface area contributed by atoms with E-state index in [1.54, 1.807) is 7.05 Å². The van der Waals surface area contributed by atoms with E-state index in [-0.39, 0.29) is 0 Å². The minimum Gasteiger partial charge on any atom is -0.479 e. The van der Waals surface area contributed by atoms with Gasteiger partial charge in [0, 0.05) is 13.6 Å². The number of rotatable bonds is 5. The Morgan fingerprint density at radius 2 is 2.21 bits per heavy atom. The Hall–Kier alpha value is -1.30. The molecule has 0 aromatic carbocycles. The van der Waals surface area contributed by atoms with Gasteiger partial charge >= 0.3 is 12.0 Å². The molecule has 1 saturated carbocycles. The lowest BCUT2D eigenvalue weighted by atomic mass is 10.4. The van der Waals surface area contributed by atoms with Crippen LogP contribution in [0.3, 0.4) is 0 Å². The van der Waals surface area contributed by atoms with Gasteiger partial charge in [-0.1, -0.05) is 0 Å². The number of carbonyl (C=O) groups excluding carboxylic acids is 1. The number of hydroxylamine groups is 1. The molecule has 1 aliphatic carbocycles. The molecule has 2 amide bonds. The predicted octanol–water partition coefficient (Wildman–Crippen LogP) is 0.0540. The zero-order chi connectivity index (χ0) is 10.6. The van der Waals surface area contributed by atoms with E-state index < -0.39 is 18.6 Å². The maximum absolute atomic E-state index is 11.2. The highest BCUT2D eigenvalue weighted by Gasteiger charge is 2.24. The number of nitrogens with zero attached hydrogens (tertiary/aromatic N) is 1. The van der Waals surface area contributed by atoms with Crippen LogP contribution in [0.15, 0.2) is 0 Å². The molecular weight excluding hydrogens is 188 g/mol. The molecule has 6 heteroatoms. The summed E-state index contributed by atoms with van der Waals surface area (Å²) in [6, 6.07) is -0.404. The average Bonchev–Trinajstić information content (AvgIpc) is 2.87. The van der Waals surface area contributed by atoms with Crippen molar-refractivity contribution in [2.24, 2.45) is 5.92 Å². The molecule has 0 radical (unpaired) electrons. The molecule has 2 N–H and O–H groups in total. The third-order valence-corrected chi connectivity index (χ3v) is 1.93. The van der Waals surface area contributed by atoms with Crippen LogP contribution < -0.4 is 5.48 Å². The van der Waals surface area contributed by atoms with Crippen LogP contribution in [-0.2, 0) is 9.63 Å². The molecule has 0 saturated heterocycles. The molecule has 1 fully saturated rings. The lowest BCUT2D eigenvalue weighted by molar-refractivity contribution is -0.144. The lowest BCUT2D eigenvalue weighted by Gasteiger charge is -2.16. The summed E-state index contributed by atoms with van der Waals surface area (Å²) in [6.07, 6.45) is 2.32. The van der Waals surface area contributed by atoms with Crippen molar-refractivity contribution in [3.05, 3.63) is 0 Å². The summed E-state index contributed by atoms with van der Waals surface area (Å²) < 4.78 is 0. The Morgan fingerprint density at radius 3 is 2.71 bits per heavy atom. The summed E-state index contributed by atoms with van der Waals surface area (Å²) in [5.74, 6) is -0.514. The molecule has 0 unspecified atom stereocenters. The van der Waals surface area contributed by atoms with E-state index in [2.05, 4.69) is 10.3 Å². The van der Waals surface area contributed by atoms with Gasteiger partial charge in [-0.25, -0.2) is 15.1 Å². The van der Waals surface area contributed by atoms with E-state index >= 15 is 0 Å². The fraction of sp³-hybridized carbons (Fsp3) is 0.750. The van der Waals surface area contributed by atoms with Crippen molar-refractivity contribution in [1.29, 1.82) is 0 Å². The fourth-order valence-corrected chi connectivity index (χ4v) is 1.01. The van der Waals surface area contributed by atoms with Crippen LogP contribution in [0.5, 0.6) is 0 Å². The van der Waals surface area contributed by atoms with Crippen molar-refractivity contribution >= 4 is 12.0 Å². The summed E-state index contributed by atoms with van der Waals surface area (Å²) in [4.78, 5) is 27.2. The van der Waals surface area contributed by atoms with Gasteiger partial charge in [0.25, 0.3) is 0 Å². The van der Waals surface area contributed by atoms with Crippen LogP contribution in [0.1, 0.15) is 12.8 Å². The first kappa shape index (κ1) is 10.8. The summed E-state index contributed by atoms with van der Waals surface area (Å²) in [5.41, 5.74) is 2.05. The third kappa shape index (κ3) is 4.08. The highest BCUT2D eigenvalue weighted by molar-refractivity contribution is 5.73. The van der Waals surface area contributed by atoms with Gasteiger partial charge in [0.05, 0.1) is 0 Å². The van der Waals surface area contributed by atoms with Gasteiger partial charge in [0.1, 0.15) is 0 Å². The van der Waals surface area contributed by atoms with Gasteiger partial charge in [-0.15, -0.1) is 0 Å².